The molecule has 2 saturated heterocycles. The van der Waals surface area contributed by atoms with Crippen LogP contribution in [0, 0.1) is 17.8 Å². The van der Waals surface area contributed by atoms with Crippen LogP contribution in [0.15, 0.2) is 18.2 Å². The molecule has 3 heterocycles. The minimum absolute atomic E-state index is 0.0327. The molecule has 1 aromatic heterocycles. The van der Waals surface area contributed by atoms with E-state index in [4.69, 9.17) is 9.72 Å². The number of carbonyl (C=O) groups is 2. The lowest BCUT2D eigenvalue weighted by Crippen LogP contribution is -2.58. The highest BCUT2D eigenvalue weighted by Gasteiger charge is 2.60. The molecule has 2 aliphatic heterocycles. The zero-order chi connectivity index (χ0) is 19.0. The van der Waals surface area contributed by atoms with Crippen LogP contribution in [0.5, 0.6) is 0 Å². The third kappa shape index (κ3) is 2.72. The Labute approximate surface area is 159 Å². The Balaban J connectivity index is 1.18. The van der Waals surface area contributed by atoms with E-state index in [-0.39, 0.29) is 28.9 Å². The second-order valence-electron chi connectivity index (χ2n) is 9.88. The van der Waals surface area contributed by atoms with Gasteiger partial charge >= 0.3 is 6.09 Å². The maximum absolute atomic E-state index is 12.8. The van der Waals surface area contributed by atoms with Crippen molar-refractivity contribution in [3.05, 3.63) is 29.6 Å². The van der Waals surface area contributed by atoms with E-state index < -0.39 is 0 Å². The van der Waals surface area contributed by atoms with Gasteiger partial charge in [0.2, 0.25) is 5.91 Å². The molecule has 0 radical (unpaired) electrons. The summed E-state index contributed by atoms with van der Waals surface area (Å²) in [6, 6.07) is 6.37. The number of carbonyl (C=O) groups excluding carboxylic acids is 2. The fraction of sp³-hybridized carbons (Fsp3) is 0.667. The van der Waals surface area contributed by atoms with Gasteiger partial charge in [-0.05, 0) is 36.8 Å². The molecule has 144 valence electrons. The lowest BCUT2D eigenvalue weighted by molar-refractivity contribution is -0.140. The molecule has 6 nitrogen and oxygen atoms in total. The lowest BCUT2D eigenvalue weighted by Gasteiger charge is -2.43. The normalized spacial score (nSPS) is 36.9. The van der Waals surface area contributed by atoms with E-state index >= 15 is 0 Å². The number of ether oxygens (including phenoxy) is 1. The molecule has 4 aliphatic rings. The van der Waals surface area contributed by atoms with Crippen molar-refractivity contribution in [2.75, 3.05) is 19.7 Å². The zero-order valence-electron chi connectivity index (χ0n) is 16.2. The number of piperidine rings is 1. The van der Waals surface area contributed by atoms with E-state index in [9.17, 15) is 9.59 Å². The maximum atomic E-state index is 12.8. The Bertz CT molecular complexity index is 797. The molecule has 2 aliphatic carbocycles. The van der Waals surface area contributed by atoms with Crippen molar-refractivity contribution >= 4 is 12.0 Å². The minimum atomic E-state index is -0.351. The highest BCUT2D eigenvalue weighted by molar-refractivity contribution is 5.82. The van der Waals surface area contributed by atoms with Gasteiger partial charge in [-0.15, -0.1) is 0 Å². The van der Waals surface area contributed by atoms with Crippen molar-refractivity contribution in [2.24, 2.45) is 17.8 Å². The number of rotatable bonds is 2. The van der Waals surface area contributed by atoms with Gasteiger partial charge in [0.05, 0.1) is 5.54 Å². The minimum Gasteiger partial charge on any atom is -0.447 e. The topological polar surface area (TPSA) is 71.5 Å². The largest absolute Gasteiger partial charge is 0.447 e. The van der Waals surface area contributed by atoms with E-state index in [0.29, 0.717) is 37.2 Å². The summed E-state index contributed by atoms with van der Waals surface area (Å²) in [7, 11) is 0. The number of hydrogen-bond acceptors (Lipinski definition) is 4. The first-order chi connectivity index (χ1) is 12.8. The van der Waals surface area contributed by atoms with Gasteiger partial charge in [0.1, 0.15) is 6.61 Å². The molecule has 4 fully saturated rings. The molecule has 1 aromatic rings. The van der Waals surface area contributed by atoms with Crippen molar-refractivity contribution in [3.63, 3.8) is 0 Å². The Morgan fingerprint density at radius 2 is 1.96 bits per heavy atom. The number of cyclic esters (lactones) is 1. The summed E-state index contributed by atoms with van der Waals surface area (Å²) in [4.78, 5) is 31.0. The standard InChI is InChI=1S/C21H27N3O3/c1-20(2,3)16-6-4-5-15(22-16)17-13-9-24(10-14(13)17)18(25)12-7-21(8-12)11-27-19(26)23-21/h4-6,12-14,17H,7-11H2,1-3H3,(H,23,26)/t12-,13-,14+,17+,21+. The summed E-state index contributed by atoms with van der Waals surface area (Å²) >= 11 is 0. The summed E-state index contributed by atoms with van der Waals surface area (Å²) in [6.45, 7) is 8.67. The molecule has 5 rings (SSSR count). The smallest absolute Gasteiger partial charge is 0.407 e. The highest BCUT2D eigenvalue weighted by atomic mass is 16.6. The Morgan fingerprint density at radius 1 is 1.26 bits per heavy atom. The average molecular weight is 369 g/mol. The zero-order valence-corrected chi connectivity index (χ0v) is 16.2. The number of nitrogens with one attached hydrogen (secondary N) is 1. The molecule has 1 spiro atoms. The Hall–Kier alpha value is -2.11. The predicted molar refractivity (Wildman–Crippen MR) is 99.2 cm³/mol. The summed E-state index contributed by atoms with van der Waals surface area (Å²) in [5.41, 5.74) is 2.11. The monoisotopic (exact) mass is 369 g/mol. The van der Waals surface area contributed by atoms with E-state index in [0.717, 1.165) is 18.8 Å². The van der Waals surface area contributed by atoms with E-state index in [1.165, 1.54) is 5.69 Å². The van der Waals surface area contributed by atoms with Gasteiger partial charge in [-0.25, -0.2) is 4.79 Å². The molecular formula is C21H27N3O3. The van der Waals surface area contributed by atoms with Crippen LogP contribution in [-0.4, -0.2) is 47.1 Å². The van der Waals surface area contributed by atoms with Crippen LogP contribution in [-0.2, 0) is 14.9 Å². The number of hydrogen-bond donors (Lipinski definition) is 1. The van der Waals surface area contributed by atoms with Gasteiger partial charge in [-0.2, -0.15) is 0 Å². The molecule has 3 atom stereocenters. The van der Waals surface area contributed by atoms with Crippen molar-refractivity contribution in [2.45, 2.75) is 50.5 Å². The van der Waals surface area contributed by atoms with Crippen LogP contribution in [0.1, 0.15) is 50.9 Å². The molecule has 2 amide bonds. The number of alkyl carbamates (subject to hydrolysis) is 1. The summed E-state index contributed by atoms with van der Waals surface area (Å²) in [5.74, 6) is 1.90. The molecule has 27 heavy (non-hydrogen) atoms. The summed E-state index contributed by atoms with van der Waals surface area (Å²) in [6.07, 6.45) is 1.07. The van der Waals surface area contributed by atoms with Crippen LogP contribution in [0.3, 0.4) is 0 Å². The van der Waals surface area contributed by atoms with Gasteiger partial charge in [0, 0.05) is 41.7 Å². The van der Waals surface area contributed by atoms with E-state index in [2.05, 4.69) is 44.3 Å². The molecule has 0 unspecified atom stereocenters. The number of nitrogens with zero attached hydrogens (tertiary/aromatic N) is 2. The molecule has 2 saturated carbocycles. The maximum Gasteiger partial charge on any atom is 0.407 e. The number of pyridine rings is 1. The second kappa shape index (κ2) is 5.46. The van der Waals surface area contributed by atoms with Crippen LogP contribution >= 0.6 is 0 Å². The van der Waals surface area contributed by atoms with Crippen molar-refractivity contribution < 1.29 is 14.3 Å². The van der Waals surface area contributed by atoms with Crippen LogP contribution < -0.4 is 5.32 Å². The quantitative estimate of drug-likeness (QED) is 0.869. The fourth-order valence-electron chi connectivity index (χ4n) is 5.23. The van der Waals surface area contributed by atoms with Gasteiger partial charge < -0.3 is 15.0 Å². The fourth-order valence-corrected chi connectivity index (χ4v) is 5.23. The van der Waals surface area contributed by atoms with Gasteiger partial charge in [0.25, 0.3) is 0 Å². The third-order valence-electron chi connectivity index (χ3n) is 6.86. The molecule has 0 bridgehead atoms. The van der Waals surface area contributed by atoms with Gasteiger partial charge in [-0.1, -0.05) is 26.8 Å². The van der Waals surface area contributed by atoms with E-state index in [1.807, 2.05) is 4.90 Å². The Morgan fingerprint density at radius 3 is 2.56 bits per heavy atom. The summed E-state index contributed by atoms with van der Waals surface area (Å²) in [5, 5.41) is 2.87. The SMILES string of the molecule is CC(C)(C)c1cccc([C@H]2[C@@H]3CN(C(=O)[C@H]4C[C@]5(COC(=O)N5)C4)C[C@@H]32)n1. The number of aromatic nitrogens is 1. The molecule has 0 aromatic carbocycles. The van der Waals surface area contributed by atoms with E-state index in [1.54, 1.807) is 0 Å². The first-order valence-electron chi connectivity index (χ1n) is 9.97. The number of fused-ring (bicyclic) bond motifs is 1. The lowest BCUT2D eigenvalue weighted by atomic mass is 9.68. The Kier molecular flexibility index (Phi) is 3.44. The molecule has 6 heteroatoms. The van der Waals surface area contributed by atoms with Gasteiger partial charge in [-0.3, -0.25) is 9.78 Å². The highest BCUT2D eigenvalue weighted by Crippen LogP contribution is 2.58. The third-order valence-corrected chi connectivity index (χ3v) is 6.86. The van der Waals surface area contributed by atoms with Crippen molar-refractivity contribution in [1.82, 2.24) is 15.2 Å². The van der Waals surface area contributed by atoms with Crippen molar-refractivity contribution in [1.29, 1.82) is 0 Å². The van der Waals surface area contributed by atoms with Crippen LogP contribution in [0.4, 0.5) is 4.79 Å². The summed E-state index contributed by atoms with van der Waals surface area (Å²) < 4.78 is 5.00. The number of amides is 2. The predicted octanol–water partition coefficient (Wildman–Crippen LogP) is 2.44. The molecule has 1 N–H and O–H groups in total. The molecular weight excluding hydrogens is 342 g/mol. The number of likely N-dealkylation sites (tertiary alicyclic amines) is 1. The first kappa shape index (κ1) is 17.0. The van der Waals surface area contributed by atoms with Crippen LogP contribution in [0.2, 0.25) is 0 Å². The second-order valence-corrected chi connectivity index (χ2v) is 9.88. The van der Waals surface area contributed by atoms with Crippen molar-refractivity contribution in [3.8, 4) is 0 Å². The van der Waals surface area contributed by atoms with Crippen LogP contribution in [0.25, 0.3) is 0 Å². The van der Waals surface area contributed by atoms with Gasteiger partial charge in [0.15, 0.2) is 0 Å². The first-order valence-corrected chi connectivity index (χ1v) is 9.97. The average Bonchev–Trinajstić information content (AvgIpc) is 2.93.